The van der Waals surface area contributed by atoms with E-state index >= 15 is 0 Å². The van der Waals surface area contributed by atoms with Crippen LogP contribution in [-0.4, -0.2) is 44.0 Å². The smallest absolute Gasteiger partial charge is 0.407 e. The second-order valence-electron chi connectivity index (χ2n) is 5.59. The molecule has 0 saturated carbocycles. The molecule has 0 aromatic carbocycles. The Morgan fingerprint density at radius 3 is 2.54 bits per heavy atom. The normalized spacial score (nSPS) is 9.88. The van der Waals surface area contributed by atoms with Crippen LogP contribution < -0.4 is 5.32 Å². The lowest BCUT2D eigenvalue weighted by Crippen LogP contribution is -2.19. The second-order valence-corrected chi connectivity index (χ2v) is 5.59. The standard InChI is InChI=1S/C12H15N5O3.C5H10O/c1-7-10(18)5-4-8(14-7)11-9(17(3)16-15-11)6-20-12(19)13-2;1-3-4-5(2)6/h4-5,18H,6H2,1-3H3,(H,13,19);3-4H2,1-2H3. The summed E-state index contributed by atoms with van der Waals surface area (Å²) in [4.78, 5) is 25.4. The minimum atomic E-state index is -0.535. The summed E-state index contributed by atoms with van der Waals surface area (Å²) in [5, 5.41) is 19.8. The topological polar surface area (TPSA) is 119 Å². The monoisotopic (exact) mass is 363 g/mol. The van der Waals surface area contributed by atoms with Gasteiger partial charge in [-0.15, -0.1) is 5.10 Å². The highest BCUT2D eigenvalue weighted by atomic mass is 16.5. The lowest BCUT2D eigenvalue weighted by molar-refractivity contribution is -0.117. The van der Waals surface area contributed by atoms with Crippen molar-refractivity contribution in [3.63, 3.8) is 0 Å². The Kier molecular flexibility index (Phi) is 8.20. The molecule has 9 nitrogen and oxygen atoms in total. The van der Waals surface area contributed by atoms with Gasteiger partial charge in [0.05, 0.1) is 11.4 Å². The van der Waals surface area contributed by atoms with Crippen LogP contribution in [0.4, 0.5) is 4.79 Å². The van der Waals surface area contributed by atoms with Gasteiger partial charge in [0.1, 0.15) is 29.5 Å². The van der Waals surface area contributed by atoms with Gasteiger partial charge < -0.3 is 20.0 Å². The molecule has 2 N–H and O–H groups in total. The number of aryl methyl sites for hydroxylation is 2. The molecule has 0 bridgehead atoms. The summed E-state index contributed by atoms with van der Waals surface area (Å²) in [6, 6.07) is 3.17. The average Bonchev–Trinajstić information content (AvgIpc) is 2.96. The highest BCUT2D eigenvalue weighted by Gasteiger charge is 2.16. The van der Waals surface area contributed by atoms with Gasteiger partial charge in [-0.1, -0.05) is 12.1 Å². The van der Waals surface area contributed by atoms with Gasteiger partial charge in [-0.25, -0.2) is 14.5 Å². The first-order valence-electron chi connectivity index (χ1n) is 8.19. The minimum Gasteiger partial charge on any atom is -0.506 e. The van der Waals surface area contributed by atoms with Crippen LogP contribution in [-0.2, 0) is 23.2 Å². The lowest BCUT2D eigenvalue weighted by Gasteiger charge is -2.06. The zero-order valence-corrected chi connectivity index (χ0v) is 15.7. The quantitative estimate of drug-likeness (QED) is 0.835. The van der Waals surface area contributed by atoms with E-state index in [4.69, 9.17) is 4.74 Å². The van der Waals surface area contributed by atoms with Crippen LogP contribution in [0.1, 0.15) is 38.1 Å². The molecule has 0 radical (unpaired) electrons. The Morgan fingerprint density at radius 2 is 2.04 bits per heavy atom. The van der Waals surface area contributed by atoms with E-state index in [0.717, 1.165) is 12.8 Å². The fraction of sp³-hybridized carbons (Fsp3) is 0.471. The molecule has 0 unspecified atom stereocenters. The number of ether oxygens (including phenoxy) is 1. The maximum Gasteiger partial charge on any atom is 0.407 e. The van der Waals surface area contributed by atoms with E-state index in [1.165, 1.54) is 17.8 Å². The van der Waals surface area contributed by atoms with Crippen LogP contribution in [0.3, 0.4) is 0 Å². The molecule has 2 rings (SSSR count). The van der Waals surface area contributed by atoms with Crippen molar-refractivity contribution >= 4 is 11.9 Å². The second kappa shape index (κ2) is 10.1. The number of hydrogen-bond acceptors (Lipinski definition) is 7. The first-order valence-corrected chi connectivity index (χ1v) is 8.19. The van der Waals surface area contributed by atoms with Gasteiger partial charge in [0.15, 0.2) is 0 Å². The number of amides is 1. The van der Waals surface area contributed by atoms with E-state index in [1.54, 1.807) is 27.0 Å². The third kappa shape index (κ3) is 6.15. The van der Waals surface area contributed by atoms with Gasteiger partial charge >= 0.3 is 6.09 Å². The number of carbonyl (C=O) groups excluding carboxylic acids is 2. The largest absolute Gasteiger partial charge is 0.506 e. The van der Waals surface area contributed by atoms with E-state index in [1.807, 2.05) is 6.92 Å². The number of Topliss-reactive ketones (excluding diaryl/α,β-unsaturated/α-hetero) is 1. The molecule has 2 heterocycles. The Hall–Kier alpha value is -2.97. The Labute approximate surface area is 152 Å². The first kappa shape index (κ1) is 21.1. The number of nitrogens with one attached hydrogen (secondary N) is 1. The molecule has 0 aliphatic heterocycles. The van der Waals surface area contributed by atoms with Crippen molar-refractivity contribution in [1.82, 2.24) is 25.3 Å². The van der Waals surface area contributed by atoms with Crippen molar-refractivity contribution in [2.45, 2.75) is 40.2 Å². The lowest BCUT2D eigenvalue weighted by atomic mass is 10.2. The fourth-order valence-electron chi connectivity index (χ4n) is 1.98. The van der Waals surface area contributed by atoms with Crippen LogP contribution in [0, 0.1) is 6.92 Å². The van der Waals surface area contributed by atoms with Crippen molar-refractivity contribution in [2.75, 3.05) is 7.05 Å². The predicted molar refractivity (Wildman–Crippen MR) is 95.5 cm³/mol. The maximum atomic E-state index is 11.1. The number of carbonyl (C=O) groups is 2. The highest BCUT2D eigenvalue weighted by molar-refractivity contribution is 5.75. The third-order valence-corrected chi connectivity index (χ3v) is 3.39. The van der Waals surface area contributed by atoms with Crippen molar-refractivity contribution in [3.05, 3.63) is 23.5 Å². The molecule has 0 aliphatic carbocycles. The molecule has 0 aliphatic rings. The van der Waals surface area contributed by atoms with Crippen molar-refractivity contribution < 1.29 is 19.4 Å². The Balaban J connectivity index is 0.000000487. The van der Waals surface area contributed by atoms with E-state index in [-0.39, 0.29) is 18.1 Å². The van der Waals surface area contributed by atoms with E-state index < -0.39 is 6.09 Å². The molecular weight excluding hydrogens is 338 g/mol. The molecule has 0 saturated heterocycles. The summed E-state index contributed by atoms with van der Waals surface area (Å²) in [5.74, 6) is 0.401. The first-order chi connectivity index (χ1) is 12.3. The Bertz CT molecular complexity index is 758. The number of alkyl carbamates (subject to hydrolysis) is 1. The molecule has 9 heteroatoms. The van der Waals surface area contributed by atoms with Gasteiger partial charge in [0, 0.05) is 20.5 Å². The van der Waals surface area contributed by atoms with Crippen molar-refractivity contribution in [2.24, 2.45) is 7.05 Å². The summed E-state index contributed by atoms with van der Waals surface area (Å²) in [5.41, 5.74) is 2.18. The van der Waals surface area contributed by atoms with Crippen LogP contribution in [0.2, 0.25) is 0 Å². The van der Waals surface area contributed by atoms with Crippen LogP contribution >= 0.6 is 0 Å². The van der Waals surface area contributed by atoms with Gasteiger partial charge in [-0.2, -0.15) is 0 Å². The molecule has 0 fully saturated rings. The molecule has 26 heavy (non-hydrogen) atoms. The minimum absolute atomic E-state index is 0.0279. The molecule has 0 spiro atoms. The molecular formula is C17H25N5O4. The van der Waals surface area contributed by atoms with Gasteiger partial charge in [-0.05, 0) is 32.4 Å². The van der Waals surface area contributed by atoms with Crippen LogP contribution in [0.25, 0.3) is 11.4 Å². The van der Waals surface area contributed by atoms with E-state index in [2.05, 4.69) is 20.6 Å². The van der Waals surface area contributed by atoms with E-state index in [9.17, 15) is 14.7 Å². The summed E-state index contributed by atoms with van der Waals surface area (Å²) >= 11 is 0. The number of aromatic nitrogens is 4. The molecule has 2 aromatic rings. The van der Waals surface area contributed by atoms with Crippen molar-refractivity contribution in [3.8, 4) is 17.1 Å². The highest BCUT2D eigenvalue weighted by Crippen LogP contribution is 2.23. The fourth-order valence-corrected chi connectivity index (χ4v) is 1.98. The average molecular weight is 363 g/mol. The Morgan fingerprint density at radius 1 is 1.35 bits per heavy atom. The maximum absolute atomic E-state index is 11.1. The SMILES string of the molecule is CCCC(C)=O.CNC(=O)OCc1c(-c2ccc(O)c(C)n2)nnn1C. The number of aromatic hydroxyl groups is 1. The third-order valence-electron chi connectivity index (χ3n) is 3.39. The number of nitrogens with zero attached hydrogens (tertiary/aromatic N) is 4. The van der Waals surface area contributed by atoms with Gasteiger partial charge in [-0.3, -0.25) is 0 Å². The van der Waals surface area contributed by atoms with Gasteiger partial charge in [0.2, 0.25) is 0 Å². The zero-order valence-electron chi connectivity index (χ0n) is 15.7. The summed E-state index contributed by atoms with van der Waals surface area (Å²) in [7, 11) is 3.18. The van der Waals surface area contributed by atoms with Crippen molar-refractivity contribution in [1.29, 1.82) is 0 Å². The summed E-state index contributed by atoms with van der Waals surface area (Å²) < 4.78 is 6.52. The van der Waals surface area contributed by atoms with Gasteiger partial charge in [0.25, 0.3) is 0 Å². The molecule has 142 valence electrons. The predicted octanol–water partition coefficient (Wildman–Crippen LogP) is 2.12. The molecule has 0 atom stereocenters. The number of pyridine rings is 1. The zero-order chi connectivity index (χ0) is 19.7. The summed E-state index contributed by atoms with van der Waals surface area (Å²) in [6.07, 6.45) is 1.18. The molecule has 2 aromatic heterocycles. The number of rotatable bonds is 5. The summed E-state index contributed by atoms with van der Waals surface area (Å²) in [6.45, 7) is 5.33. The van der Waals surface area contributed by atoms with Crippen LogP contribution in [0.15, 0.2) is 12.1 Å². The number of hydrogen-bond donors (Lipinski definition) is 2. The number of ketones is 1. The van der Waals surface area contributed by atoms with Crippen LogP contribution in [0.5, 0.6) is 5.75 Å². The molecule has 1 amide bonds. The van der Waals surface area contributed by atoms with E-state index in [0.29, 0.717) is 22.8 Å².